The van der Waals surface area contributed by atoms with Crippen molar-refractivity contribution in [2.24, 2.45) is 0 Å². The average molecular weight is 492 g/mol. The lowest BCUT2D eigenvalue weighted by Gasteiger charge is -2.13. The summed E-state index contributed by atoms with van der Waals surface area (Å²) in [5.74, 6) is -0.904. The van der Waals surface area contributed by atoms with Crippen molar-refractivity contribution in [3.05, 3.63) is 86.6 Å². The van der Waals surface area contributed by atoms with Crippen LogP contribution in [-0.2, 0) is 0 Å². The topological polar surface area (TPSA) is 93.5 Å². The molecule has 3 aromatic rings. The molecule has 0 fully saturated rings. The van der Waals surface area contributed by atoms with E-state index in [-0.39, 0.29) is 22.7 Å². The largest absolute Gasteiger partial charge is 0.490 e. The Kier molecular flexibility index (Phi) is 6.91. The number of anilines is 2. The van der Waals surface area contributed by atoms with Crippen LogP contribution in [0, 0.1) is 15.9 Å². The second-order valence-electron chi connectivity index (χ2n) is 5.92. The number of nitro benzene ring substituents is 1. The van der Waals surface area contributed by atoms with Crippen molar-refractivity contribution in [1.29, 1.82) is 0 Å². The number of benzene rings is 3. The quantitative estimate of drug-likeness (QED) is 0.243. The molecule has 0 saturated heterocycles. The third-order valence-corrected chi connectivity index (χ3v) is 5.28. The number of methoxy groups -OCH3 is 1. The molecule has 2 N–H and O–H groups in total. The van der Waals surface area contributed by atoms with E-state index in [9.17, 15) is 19.3 Å². The molecule has 0 bridgehead atoms. The van der Waals surface area contributed by atoms with Crippen molar-refractivity contribution in [1.82, 2.24) is 0 Å². The highest BCUT2D eigenvalue weighted by atomic mass is 79.9. The maximum atomic E-state index is 13.9. The normalized spacial score (nSPS) is 10.4. The van der Waals surface area contributed by atoms with Crippen LogP contribution < -0.4 is 14.8 Å². The van der Waals surface area contributed by atoms with Crippen molar-refractivity contribution in [2.75, 3.05) is 17.1 Å². The first-order chi connectivity index (χ1) is 14.4. The fourth-order valence-corrected chi connectivity index (χ4v) is 3.61. The number of nitrogens with one attached hydrogen (secondary N) is 2. The van der Waals surface area contributed by atoms with E-state index >= 15 is 0 Å². The van der Waals surface area contributed by atoms with Crippen molar-refractivity contribution in [2.45, 2.75) is 4.90 Å². The summed E-state index contributed by atoms with van der Waals surface area (Å²) in [5.41, 5.74) is 0.614. The van der Waals surface area contributed by atoms with Gasteiger partial charge in [0.2, 0.25) is 0 Å². The molecule has 0 saturated carbocycles. The molecule has 10 heteroatoms. The number of carbonyl (C=O) groups excluding carboxylic acids is 1. The monoisotopic (exact) mass is 491 g/mol. The van der Waals surface area contributed by atoms with E-state index in [4.69, 9.17) is 4.74 Å². The number of halogens is 2. The van der Waals surface area contributed by atoms with Crippen molar-refractivity contribution >= 4 is 50.8 Å². The third kappa shape index (κ3) is 5.08. The third-order valence-electron chi connectivity index (χ3n) is 3.97. The van der Waals surface area contributed by atoms with Gasteiger partial charge in [-0.15, -0.1) is 0 Å². The van der Waals surface area contributed by atoms with Gasteiger partial charge in [0.15, 0.2) is 5.75 Å². The number of hydrogen-bond donors (Lipinski definition) is 2. The highest BCUT2D eigenvalue weighted by Gasteiger charge is 2.17. The van der Waals surface area contributed by atoms with Gasteiger partial charge in [-0.05, 0) is 54.4 Å². The Morgan fingerprint density at radius 3 is 2.60 bits per heavy atom. The molecule has 0 aliphatic rings. The zero-order chi connectivity index (χ0) is 21.7. The van der Waals surface area contributed by atoms with Gasteiger partial charge in [-0.2, -0.15) is 0 Å². The molecule has 0 aliphatic heterocycles. The zero-order valence-electron chi connectivity index (χ0n) is 15.5. The molecule has 0 unspecified atom stereocenters. The molecular formula is C20H15BrFN3O4S. The summed E-state index contributed by atoms with van der Waals surface area (Å²) < 4.78 is 22.5. The van der Waals surface area contributed by atoms with Crippen LogP contribution in [0.2, 0.25) is 0 Å². The number of rotatable bonds is 7. The van der Waals surface area contributed by atoms with E-state index in [1.165, 1.54) is 37.4 Å². The minimum Gasteiger partial charge on any atom is -0.490 e. The Balaban J connectivity index is 1.82. The van der Waals surface area contributed by atoms with Gasteiger partial charge in [-0.25, -0.2) is 4.39 Å². The van der Waals surface area contributed by atoms with E-state index < -0.39 is 16.6 Å². The van der Waals surface area contributed by atoms with Gasteiger partial charge in [0, 0.05) is 15.4 Å². The predicted molar refractivity (Wildman–Crippen MR) is 118 cm³/mol. The Hall–Kier alpha value is -3.11. The van der Waals surface area contributed by atoms with E-state index in [2.05, 4.69) is 26.0 Å². The lowest BCUT2D eigenvalue weighted by molar-refractivity contribution is -0.386. The standard InChI is InChI=1S/C20H15BrFN3O4S/c1-29-19-9-7-13(11-18(19)25(27)28)30-24-16-8-6-12(21)10-14(16)20(26)23-17-5-3-2-4-15(17)22/h2-11,24H,1H3,(H,23,26). The van der Waals surface area contributed by atoms with Crippen LogP contribution in [0.25, 0.3) is 0 Å². The molecule has 0 atom stereocenters. The molecule has 7 nitrogen and oxygen atoms in total. The molecular weight excluding hydrogens is 477 g/mol. The van der Waals surface area contributed by atoms with E-state index in [1.807, 2.05) is 0 Å². The average Bonchev–Trinajstić information content (AvgIpc) is 2.74. The Labute approximate surface area is 184 Å². The zero-order valence-corrected chi connectivity index (χ0v) is 17.9. The maximum Gasteiger partial charge on any atom is 0.312 e. The molecule has 154 valence electrons. The summed E-state index contributed by atoms with van der Waals surface area (Å²) >= 11 is 4.42. The first-order valence-corrected chi connectivity index (χ1v) is 10.1. The smallest absolute Gasteiger partial charge is 0.312 e. The number of amides is 1. The van der Waals surface area contributed by atoms with Crippen molar-refractivity contribution in [3.8, 4) is 5.75 Å². The minimum atomic E-state index is -0.546. The molecule has 0 spiro atoms. The van der Waals surface area contributed by atoms with Crippen molar-refractivity contribution < 1.29 is 18.8 Å². The van der Waals surface area contributed by atoms with E-state index in [0.29, 0.717) is 15.1 Å². The summed E-state index contributed by atoms with van der Waals surface area (Å²) in [5, 5.41) is 13.7. The Bertz CT molecular complexity index is 1110. The second kappa shape index (κ2) is 9.59. The SMILES string of the molecule is COc1ccc(SNc2ccc(Br)cc2C(=O)Nc2ccccc2F)cc1[N+](=O)[O-]. The van der Waals surface area contributed by atoms with Crippen LogP contribution >= 0.6 is 27.9 Å². The highest BCUT2D eigenvalue weighted by Crippen LogP contribution is 2.33. The van der Waals surface area contributed by atoms with Crippen LogP contribution in [0.1, 0.15) is 10.4 Å². The second-order valence-corrected chi connectivity index (χ2v) is 7.71. The van der Waals surface area contributed by atoms with Gasteiger partial charge < -0.3 is 14.8 Å². The van der Waals surface area contributed by atoms with E-state index in [1.54, 1.807) is 30.3 Å². The number of hydrogen-bond acceptors (Lipinski definition) is 6. The van der Waals surface area contributed by atoms with Gasteiger partial charge >= 0.3 is 5.69 Å². The predicted octanol–water partition coefficient (Wildman–Crippen LogP) is 5.88. The maximum absolute atomic E-state index is 13.9. The fraction of sp³-hybridized carbons (Fsp3) is 0.0500. The Morgan fingerprint density at radius 1 is 1.13 bits per heavy atom. The van der Waals surface area contributed by atoms with Gasteiger partial charge in [-0.1, -0.05) is 28.1 Å². The van der Waals surface area contributed by atoms with Crippen LogP contribution in [0.5, 0.6) is 5.75 Å². The van der Waals surface area contributed by atoms with Crippen LogP contribution in [0.3, 0.4) is 0 Å². The van der Waals surface area contributed by atoms with Gasteiger partial charge in [0.05, 0.1) is 29.0 Å². The summed E-state index contributed by atoms with van der Waals surface area (Å²) in [6.07, 6.45) is 0. The van der Waals surface area contributed by atoms with E-state index in [0.717, 1.165) is 11.9 Å². The van der Waals surface area contributed by atoms with Crippen LogP contribution in [0.4, 0.5) is 21.5 Å². The highest BCUT2D eigenvalue weighted by molar-refractivity contribution is 9.10. The number of nitro groups is 1. The lowest BCUT2D eigenvalue weighted by Crippen LogP contribution is -2.14. The molecule has 3 aromatic carbocycles. The number of carbonyl (C=O) groups is 1. The number of nitrogens with zero attached hydrogens (tertiary/aromatic N) is 1. The minimum absolute atomic E-state index is 0.0619. The molecule has 0 radical (unpaired) electrons. The summed E-state index contributed by atoms with van der Waals surface area (Å²) in [6, 6.07) is 15.4. The summed E-state index contributed by atoms with van der Waals surface area (Å²) in [4.78, 5) is 23.9. The van der Waals surface area contributed by atoms with Gasteiger partial charge in [-0.3, -0.25) is 14.9 Å². The Morgan fingerprint density at radius 2 is 1.90 bits per heavy atom. The van der Waals surface area contributed by atoms with Crippen LogP contribution in [0.15, 0.2) is 70.0 Å². The molecule has 3 rings (SSSR count). The molecule has 0 aromatic heterocycles. The van der Waals surface area contributed by atoms with Gasteiger partial charge in [0.25, 0.3) is 5.91 Å². The summed E-state index contributed by atoms with van der Waals surface area (Å²) in [6.45, 7) is 0. The lowest BCUT2D eigenvalue weighted by atomic mass is 10.1. The fourth-order valence-electron chi connectivity index (χ4n) is 2.54. The molecule has 1 amide bonds. The molecule has 0 heterocycles. The molecule has 0 aliphatic carbocycles. The first kappa shape index (κ1) is 21.6. The number of para-hydroxylation sites is 1. The van der Waals surface area contributed by atoms with Crippen molar-refractivity contribution in [3.63, 3.8) is 0 Å². The van der Waals surface area contributed by atoms with Gasteiger partial charge in [0.1, 0.15) is 5.82 Å². The number of ether oxygens (including phenoxy) is 1. The summed E-state index contributed by atoms with van der Waals surface area (Å²) in [7, 11) is 1.36. The molecule has 30 heavy (non-hydrogen) atoms. The first-order valence-electron chi connectivity index (χ1n) is 8.49. The van der Waals surface area contributed by atoms with Crippen LogP contribution in [-0.4, -0.2) is 17.9 Å².